The van der Waals surface area contributed by atoms with Gasteiger partial charge < -0.3 is 19.2 Å². The van der Waals surface area contributed by atoms with E-state index in [1.54, 1.807) is 6.07 Å². The molecule has 0 aliphatic carbocycles. The lowest BCUT2D eigenvalue weighted by atomic mass is 10.2. The maximum Gasteiger partial charge on any atom is 0.251 e. The fraction of sp³-hybridized carbons (Fsp3) is 0.286. The molecule has 0 fully saturated rings. The first kappa shape index (κ1) is 13.8. The fourth-order valence-electron chi connectivity index (χ4n) is 1.97. The monoisotopic (exact) mass is 308 g/mol. The van der Waals surface area contributed by atoms with E-state index >= 15 is 0 Å². The quantitative estimate of drug-likeness (QED) is 0.943. The van der Waals surface area contributed by atoms with Gasteiger partial charge in [-0.1, -0.05) is 11.6 Å². The summed E-state index contributed by atoms with van der Waals surface area (Å²) in [6, 6.07) is 3.13. The van der Waals surface area contributed by atoms with Gasteiger partial charge in [-0.25, -0.2) is 4.98 Å². The number of oxazole rings is 1. The molecule has 0 unspecified atom stereocenters. The van der Waals surface area contributed by atoms with Crippen LogP contribution in [0.5, 0.6) is 11.5 Å². The van der Waals surface area contributed by atoms with Gasteiger partial charge in [-0.3, -0.25) is 4.79 Å². The number of fused-ring (bicyclic) bond motifs is 1. The Morgan fingerprint density at radius 3 is 2.90 bits per heavy atom. The highest BCUT2D eigenvalue weighted by molar-refractivity contribution is 6.32. The Morgan fingerprint density at radius 1 is 1.38 bits per heavy atom. The number of aryl methyl sites for hydroxylation is 2. The summed E-state index contributed by atoms with van der Waals surface area (Å²) in [5.74, 6) is 1.85. The van der Waals surface area contributed by atoms with E-state index in [2.05, 4.69) is 10.3 Å². The van der Waals surface area contributed by atoms with E-state index in [-0.39, 0.29) is 19.2 Å². The molecular formula is C14H13ClN2O4. The molecule has 0 bridgehead atoms. The van der Waals surface area contributed by atoms with Crippen LogP contribution in [0, 0.1) is 13.8 Å². The van der Waals surface area contributed by atoms with Crippen molar-refractivity contribution in [1.29, 1.82) is 0 Å². The van der Waals surface area contributed by atoms with Gasteiger partial charge in [0.25, 0.3) is 5.91 Å². The summed E-state index contributed by atoms with van der Waals surface area (Å²) >= 11 is 6.04. The van der Waals surface area contributed by atoms with E-state index in [4.69, 9.17) is 25.5 Å². The highest BCUT2D eigenvalue weighted by Gasteiger charge is 2.20. The summed E-state index contributed by atoms with van der Waals surface area (Å²) < 4.78 is 15.8. The van der Waals surface area contributed by atoms with Crippen LogP contribution < -0.4 is 14.8 Å². The number of benzene rings is 1. The molecule has 0 atom stereocenters. The Labute approximate surface area is 126 Å². The van der Waals surface area contributed by atoms with Crippen molar-refractivity contribution < 1.29 is 18.7 Å². The predicted octanol–water partition coefficient (Wildman–Crippen LogP) is 2.60. The lowest BCUT2D eigenvalue weighted by Crippen LogP contribution is -2.22. The Balaban J connectivity index is 1.72. The summed E-state index contributed by atoms with van der Waals surface area (Å²) in [5, 5.41) is 3.07. The summed E-state index contributed by atoms with van der Waals surface area (Å²) in [7, 11) is 0. The van der Waals surface area contributed by atoms with Gasteiger partial charge in [0.15, 0.2) is 11.5 Å². The molecule has 7 heteroatoms. The number of amides is 1. The Bertz CT molecular complexity index is 692. The first-order chi connectivity index (χ1) is 10.0. The number of hydrogen-bond donors (Lipinski definition) is 1. The van der Waals surface area contributed by atoms with Gasteiger partial charge in [0.2, 0.25) is 12.7 Å². The van der Waals surface area contributed by atoms with E-state index < -0.39 is 0 Å². The van der Waals surface area contributed by atoms with Crippen LogP contribution in [0.2, 0.25) is 5.02 Å². The highest BCUT2D eigenvalue weighted by Crippen LogP contribution is 2.39. The summed E-state index contributed by atoms with van der Waals surface area (Å²) in [4.78, 5) is 16.3. The Hall–Kier alpha value is -2.21. The molecular weight excluding hydrogens is 296 g/mol. The van der Waals surface area contributed by atoms with Crippen molar-refractivity contribution in [2.24, 2.45) is 0 Å². The lowest BCUT2D eigenvalue weighted by Gasteiger charge is -2.05. The molecule has 6 nitrogen and oxygen atoms in total. The second-order valence-electron chi connectivity index (χ2n) is 4.62. The topological polar surface area (TPSA) is 73.6 Å². The molecule has 1 aliphatic rings. The average molecular weight is 309 g/mol. The van der Waals surface area contributed by atoms with Gasteiger partial charge >= 0.3 is 0 Å². The molecule has 2 heterocycles. The smallest absolute Gasteiger partial charge is 0.251 e. The maximum absolute atomic E-state index is 12.1. The molecule has 1 aliphatic heterocycles. The van der Waals surface area contributed by atoms with Crippen molar-refractivity contribution in [3.8, 4) is 11.5 Å². The van der Waals surface area contributed by atoms with Crippen molar-refractivity contribution in [3.63, 3.8) is 0 Å². The lowest BCUT2D eigenvalue weighted by molar-refractivity contribution is 0.0946. The number of ether oxygens (including phenoxy) is 2. The second kappa shape index (κ2) is 5.29. The second-order valence-corrected chi connectivity index (χ2v) is 5.03. The number of aromatic nitrogens is 1. The van der Waals surface area contributed by atoms with Crippen LogP contribution >= 0.6 is 11.6 Å². The molecule has 3 rings (SSSR count). The molecule has 1 aromatic heterocycles. The predicted molar refractivity (Wildman–Crippen MR) is 74.7 cm³/mol. The largest absolute Gasteiger partial charge is 0.454 e. The number of carbonyl (C=O) groups is 1. The molecule has 0 saturated heterocycles. The molecule has 1 aromatic carbocycles. The van der Waals surface area contributed by atoms with Crippen molar-refractivity contribution in [3.05, 3.63) is 40.1 Å². The SMILES string of the molecule is Cc1nc(CNC(=O)c2cc(Cl)c3c(c2)OCO3)oc1C. The third kappa shape index (κ3) is 2.67. The molecule has 1 N–H and O–H groups in total. The number of nitrogens with zero attached hydrogens (tertiary/aromatic N) is 1. The third-order valence-electron chi connectivity index (χ3n) is 3.16. The van der Waals surface area contributed by atoms with Gasteiger partial charge in [-0.15, -0.1) is 0 Å². The fourth-order valence-corrected chi connectivity index (χ4v) is 2.24. The van der Waals surface area contributed by atoms with Crippen LogP contribution in [0.4, 0.5) is 0 Å². The van der Waals surface area contributed by atoms with Crippen molar-refractivity contribution in [1.82, 2.24) is 10.3 Å². The van der Waals surface area contributed by atoms with Crippen molar-refractivity contribution in [2.45, 2.75) is 20.4 Å². The van der Waals surface area contributed by atoms with Crippen LogP contribution in [0.3, 0.4) is 0 Å². The molecule has 0 spiro atoms. The minimum atomic E-state index is -0.288. The van der Waals surface area contributed by atoms with E-state index in [1.165, 1.54) is 6.07 Å². The normalized spacial score (nSPS) is 12.5. The highest BCUT2D eigenvalue weighted by atomic mass is 35.5. The minimum absolute atomic E-state index is 0.106. The van der Waals surface area contributed by atoms with Gasteiger partial charge in [-0.2, -0.15) is 0 Å². The molecule has 0 radical (unpaired) electrons. The van der Waals surface area contributed by atoms with E-state index in [1.807, 2.05) is 13.8 Å². The first-order valence-electron chi connectivity index (χ1n) is 6.35. The first-order valence-corrected chi connectivity index (χ1v) is 6.72. The number of hydrogen-bond acceptors (Lipinski definition) is 5. The molecule has 21 heavy (non-hydrogen) atoms. The Kier molecular flexibility index (Phi) is 3.47. The zero-order valence-corrected chi connectivity index (χ0v) is 12.3. The van der Waals surface area contributed by atoms with E-state index in [0.717, 1.165) is 11.5 Å². The number of rotatable bonds is 3. The summed E-state index contributed by atoms with van der Waals surface area (Å²) in [6.07, 6.45) is 0. The van der Waals surface area contributed by atoms with Crippen molar-refractivity contribution in [2.75, 3.05) is 6.79 Å². The van der Waals surface area contributed by atoms with Crippen molar-refractivity contribution >= 4 is 17.5 Å². The van der Waals surface area contributed by atoms with Crippen LogP contribution in [0.15, 0.2) is 16.5 Å². The molecule has 2 aromatic rings. The Morgan fingerprint density at radius 2 is 2.19 bits per heavy atom. The number of carbonyl (C=O) groups excluding carboxylic acids is 1. The zero-order chi connectivity index (χ0) is 15.0. The molecule has 1 amide bonds. The van der Waals surface area contributed by atoms with E-state index in [9.17, 15) is 4.79 Å². The molecule has 0 saturated carbocycles. The molecule has 110 valence electrons. The zero-order valence-electron chi connectivity index (χ0n) is 11.5. The van der Waals surface area contributed by atoms with Gasteiger partial charge in [0.1, 0.15) is 5.76 Å². The number of nitrogens with one attached hydrogen (secondary N) is 1. The van der Waals surface area contributed by atoms with E-state index in [0.29, 0.717) is 28.0 Å². The van der Waals surface area contributed by atoms with Gasteiger partial charge in [-0.05, 0) is 26.0 Å². The average Bonchev–Trinajstić information content (AvgIpc) is 3.04. The summed E-state index contributed by atoms with van der Waals surface area (Å²) in [6.45, 7) is 3.99. The standard InChI is InChI=1S/C14H13ClN2O4/c1-7-8(2)21-12(17-7)5-16-14(18)9-3-10(15)13-11(4-9)19-6-20-13/h3-4H,5-6H2,1-2H3,(H,16,18). The van der Waals surface area contributed by atoms with Crippen LogP contribution in [0.1, 0.15) is 27.7 Å². The third-order valence-corrected chi connectivity index (χ3v) is 3.44. The summed E-state index contributed by atoms with van der Waals surface area (Å²) in [5.41, 5.74) is 1.20. The minimum Gasteiger partial charge on any atom is -0.454 e. The van der Waals surface area contributed by atoms with Crippen LogP contribution in [-0.2, 0) is 6.54 Å². The maximum atomic E-state index is 12.1. The number of halogens is 1. The van der Waals surface area contributed by atoms with Crippen LogP contribution in [-0.4, -0.2) is 17.7 Å². The van der Waals surface area contributed by atoms with Crippen LogP contribution in [0.25, 0.3) is 0 Å². The van der Waals surface area contributed by atoms with Gasteiger partial charge in [0, 0.05) is 5.56 Å². The van der Waals surface area contributed by atoms with Gasteiger partial charge in [0.05, 0.1) is 17.3 Å².